The Labute approximate surface area is 207 Å². The lowest BCUT2D eigenvalue weighted by molar-refractivity contribution is -0.122. The van der Waals surface area contributed by atoms with Gasteiger partial charge in [0, 0.05) is 5.56 Å². The Morgan fingerprint density at radius 3 is 2.55 bits per heavy atom. The van der Waals surface area contributed by atoms with Crippen molar-refractivity contribution in [1.29, 1.82) is 0 Å². The molecule has 1 aliphatic rings. The normalized spacial score (nSPS) is 15.2. The molecule has 2 aromatic carbocycles. The number of nitrogens with zero attached hydrogens (tertiary/aromatic N) is 1. The number of carboxylic acids is 1. The molecule has 7 nitrogen and oxygen atoms in total. The maximum atomic E-state index is 13.1. The molecule has 2 amide bonds. The fourth-order valence-corrected chi connectivity index (χ4v) is 3.97. The van der Waals surface area contributed by atoms with Gasteiger partial charge in [0.25, 0.3) is 11.8 Å². The lowest BCUT2D eigenvalue weighted by Gasteiger charge is -2.29. The molecule has 2 N–H and O–H groups in total. The van der Waals surface area contributed by atoms with Crippen LogP contribution >= 0.6 is 47.0 Å². The van der Waals surface area contributed by atoms with E-state index in [1.165, 1.54) is 36.4 Å². The Kier molecular flexibility index (Phi) is 6.27. The zero-order valence-corrected chi connectivity index (χ0v) is 19.3. The molecule has 166 valence electrons. The van der Waals surface area contributed by atoms with Gasteiger partial charge in [-0.05, 0) is 60.8 Å². The predicted octanol–water partition coefficient (Wildman–Crippen LogP) is 5.44. The number of hydrogen-bond acceptors (Lipinski definition) is 5. The number of halogens is 3. The van der Waals surface area contributed by atoms with Gasteiger partial charge >= 0.3 is 5.97 Å². The van der Waals surface area contributed by atoms with Crippen molar-refractivity contribution in [2.75, 3.05) is 4.90 Å². The molecule has 0 unspecified atom stereocenters. The van der Waals surface area contributed by atoms with Crippen LogP contribution in [0, 0.1) is 0 Å². The van der Waals surface area contributed by atoms with E-state index >= 15 is 0 Å². The first-order valence-corrected chi connectivity index (χ1v) is 10.7. The maximum absolute atomic E-state index is 13.1. The molecular formula is C22H11Cl3N2O5S. The summed E-state index contributed by atoms with van der Waals surface area (Å²) in [6.07, 6.45) is 1.24. The zero-order valence-electron chi connectivity index (χ0n) is 16.3. The van der Waals surface area contributed by atoms with Crippen molar-refractivity contribution in [2.24, 2.45) is 0 Å². The van der Waals surface area contributed by atoms with Crippen molar-refractivity contribution in [3.8, 4) is 11.3 Å². The van der Waals surface area contributed by atoms with Crippen LogP contribution in [0.25, 0.3) is 17.4 Å². The highest BCUT2D eigenvalue weighted by Gasteiger charge is 2.36. The largest absolute Gasteiger partial charge is 0.478 e. The molecule has 1 fully saturated rings. The monoisotopic (exact) mass is 520 g/mol. The molecule has 0 radical (unpaired) electrons. The quantitative estimate of drug-likeness (QED) is 0.270. The number of amides is 2. The molecule has 0 spiro atoms. The fourth-order valence-electron chi connectivity index (χ4n) is 3.11. The minimum atomic E-state index is -1.12. The van der Waals surface area contributed by atoms with Crippen molar-refractivity contribution in [3.63, 3.8) is 0 Å². The number of thiocarbonyl (C=S) groups is 1. The van der Waals surface area contributed by atoms with Gasteiger partial charge in [0.15, 0.2) is 5.11 Å². The van der Waals surface area contributed by atoms with Gasteiger partial charge in [-0.3, -0.25) is 19.8 Å². The highest BCUT2D eigenvalue weighted by atomic mass is 35.5. The van der Waals surface area contributed by atoms with Crippen molar-refractivity contribution in [2.45, 2.75) is 0 Å². The van der Waals surface area contributed by atoms with E-state index in [0.717, 1.165) is 4.90 Å². The number of anilines is 1. The molecule has 0 aliphatic carbocycles. The van der Waals surface area contributed by atoms with Crippen LogP contribution in [0.15, 0.2) is 58.5 Å². The van der Waals surface area contributed by atoms with E-state index in [0.29, 0.717) is 5.56 Å². The maximum Gasteiger partial charge on any atom is 0.335 e. The lowest BCUT2D eigenvalue weighted by atomic mass is 10.1. The Morgan fingerprint density at radius 2 is 1.82 bits per heavy atom. The third-order valence-electron chi connectivity index (χ3n) is 4.67. The third kappa shape index (κ3) is 4.38. The van der Waals surface area contributed by atoms with Crippen LogP contribution in [0.5, 0.6) is 0 Å². The molecule has 0 bridgehead atoms. The SMILES string of the molecule is O=C1NC(=S)N(c2cccc(Cl)c2Cl)C(=O)/C1=C/c1ccc(-c2cc(C(=O)O)ccc2Cl)o1. The second-order valence-electron chi connectivity index (χ2n) is 6.73. The summed E-state index contributed by atoms with van der Waals surface area (Å²) in [7, 11) is 0. The second-order valence-corrected chi connectivity index (χ2v) is 8.31. The Morgan fingerprint density at radius 1 is 1.06 bits per heavy atom. The molecule has 11 heteroatoms. The first-order chi connectivity index (χ1) is 15.7. The van der Waals surface area contributed by atoms with E-state index in [1.807, 2.05) is 0 Å². The Bertz CT molecular complexity index is 1380. The van der Waals surface area contributed by atoms with E-state index in [9.17, 15) is 19.5 Å². The van der Waals surface area contributed by atoms with Gasteiger partial charge in [0.1, 0.15) is 17.1 Å². The molecule has 3 aromatic rings. The second kappa shape index (κ2) is 8.99. The summed E-state index contributed by atoms with van der Waals surface area (Å²) in [6, 6.07) is 11.9. The molecule has 0 atom stereocenters. The summed E-state index contributed by atoms with van der Waals surface area (Å²) in [5.74, 6) is -2.16. The zero-order chi connectivity index (χ0) is 23.9. The standard InChI is InChI=1S/C22H11Cl3N2O5S/c23-14-6-4-10(21(30)31)8-12(14)17-7-5-11(32-17)9-13-19(28)26-22(33)27(20(13)29)16-3-1-2-15(24)18(16)25/h1-9H,(H,30,31)(H,26,28,33)/b13-9+. The van der Waals surface area contributed by atoms with Crippen molar-refractivity contribution < 1.29 is 23.9 Å². The number of carbonyl (C=O) groups is 3. The van der Waals surface area contributed by atoms with Gasteiger partial charge in [-0.25, -0.2) is 4.79 Å². The van der Waals surface area contributed by atoms with Gasteiger partial charge in [-0.15, -0.1) is 0 Å². The van der Waals surface area contributed by atoms with Crippen LogP contribution < -0.4 is 10.2 Å². The van der Waals surface area contributed by atoms with E-state index < -0.39 is 17.8 Å². The highest BCUT2D eigenvalue weighted by Crippen LogP contribution is 2.35. The molecule has 2 heterocycles. The van der Waals surface area contributed by atoms with Crippen molar-refractivity contribution in [3.05, 3.63) is 80.5 Å². The summed E-state index contributed by atoms with van der Waals surface area (Å²) < 4.78 is 5.71. The number of rotatable bonds is 4. The molecule has 33 heavy (non-hydrogen) atoms. The molecule has 1 aliphatic heterocycles. The summed E-state index contributed by atoms with van der Waals surface area (Å²) in [5, 5.41) is 12.1. The van der Waals surface area contributed by atoms with Crippen LogP contribution in [0.1, 0.15) is 16.1 Å². The smallest absolute Gasteiger partial charge is 0.335 e. The minimum Gasteiger partial charge on any atom is -0.478 e. The van der Waals surface area contributed by atoms with Crippen LogP contribution in [-0.4, -0.2) is 28.0 Å². The molecule has 1 aromatic heterocycles. The first-order valence-electron chi connectivity index (χ1n) is 9.16. The number of aromatic carboxylic acids is 1. The number of furan rings is 1. The van der Waals surface area contributed by atoms with Gasteiger partial charge in [0.05, 0.1) is 26.3 Å². The third-order valence-corrected chi connectivity index (χ3v) is 6.09. The lowest BCUT2D eigenvalue weighted by Crippen LogP contribution is -2.54. The average molecular weight is 522 g/mol. The van der Waals surface area contributed by atoms with E-state index in [1.54, 1.807) is 18.2 Å². The summed E-state index contributed by atoms with van der Waals surface area (Å²) in [5.41, 5.74) is 0.317. The molecule has 1 saturated heterocycles. The Balaban J connectivity index is 1.72. The van der Waals surface area contributed by atoms with Crippen LogP contribution in [-0.2, 0) is 9.59 Å². The molecule has 4 rings (SSSR count). The predicted molar refractivity (Wildman–Crippen MR) is 129 cm³/mol. The molecular weight excluding hydrogens is 511 g/mol. The van der Waals surface area contributed by atoms with Crippen LogP contribution in [0.3, 0.4) is 0 Å². The fraction of sp³-hybridized carbons (Fsp3) is 0. The van der Waals surface area contributed by atoms with Gasteiger partial charge in [0.2, 0.25) is 0 Å². The highest BCUT2D eigenvalue weighted by molar-refractivity contribution is 7.80. The summed E-state index contributed by atoms with van der Waals surface area (Å²) in [6.45, 7) is 0. The number of benzene rings is 2. The summed E-state index contributed by atoms with van der Waals surface area (Å²) in [4.78, 5) is 38.0. The summed E-state index contributed by atoms with van der Waals surface area (Å²) >= 11 is 23.6. The topological polar surface area (TPSA) is 99.9 Å². The van der Waals surface area contributed by atoms with Gasteiger partial charge < -0.3 is 9.52 Å². The van der Waals surface area contributed by atoms with Crippen molar-refractivity contribution >= 4 is 81.7 Å². The van der Waals surface area contributed by atoms with Crippen molar-refractivity contribution in [1.82, 2.24) is 5.32 Å². The number of nitrogens with one attached hydrogen (secondary N) is 1. The Hall–Kier alpha value is -3.17. The van der Waals surface area contributed by atoms with E-state index in [2.05, 4.69) is 5.32 Å². The van der Waals surface area contributed by atoms with Crippen LogP contribution in [0.4, 0.5) is 5.69 Å². The number of carboxylic acid groups (broad SMARTS) is 1. The molecule has 0 saturated carbocycles. The van der Waals surface area contributed by atoms with E-state index in [4.69, 9.17) is 51.4 Å². The first kappa shape index (κ1) is 23.0. The minimum absolute atomic E-state index is 0.0232. The van der Waals surface area contributed by atoms with Crippen LogP contribution in [0.2, 0.25) is 15.1 Å². The van der Waals surface area contributed by atoms with Gasteiger partial charge in [-0.1, -0.05) is 40.9 Å². The average Bonchev–Trinajstić information content (AvgIpc) is 3.22. The van der Waals surface area contributed by atoms with E-state index in [-0.39, 0.29) is 48.5 Å². The number of hydrogen-bond donors (Lipinski definition) is 2. The number of carbonyl (C=O) groups excluding carboxylic acids is 2. The van der Waals surface area contributed by atoms with Gasteiger partial charge in [-0.2, -0.15) is 0 Å².